The van der Waals surface area contributed by atoms with Crippen molar-refractivity contribution in [2.45, 2.75) is 100 Å². The molecule has 2 heterocycles. The summed E-state index contributed by atoms with van der Waals surface area (Å²) in [6, 6.07) is 2.63. The molecule has 2 aliphatic heterocycles. The number of aliphatic hydroxyl groups excluding tert-OH is 6. The van der Waals surface area contributed by atoms with Crippen molar-refractivity contribution >= 4 is 23.4 Å². The first-order valence-corrected chi connectivity index (χ1v) is 19.8. The Balaban J connectivity index is 1.36. The molecule has 3 aromatic rings. The number of esters is 1. The van der Waals surface area contributed by atoms with Crippen LogP contribution in [0.5, 0.6) is 23.0 Å². The van der Waals surface area contributed by atoms with Crippen LogP contribution in [0, 0.1) is 6.92 Å². The highest BCUT2D eigenvalue weighted by Gasteiger charge is 2.52. The molecule has 2 saturated heterocycles. The lowest BCUT2D eigenvalue weighted by molar-refractivity contribution is -0.351. The van der Waals surface area contributed by atoms with Crippen LogP contribution in [-0.4, -0.2) is 165 Å². The maximum Gasteiger partial charge on any atom is 0.328 e. The summed E-state index contributed by atoms with van der Waals surface area (Å²) >= 11 is 0. The number of carbonyl (C=O) groups excluding carboxylic acids is 4. The van der Waals surface area contributed by atoms with E-state index in [0.29, 0.717) is 0 Å². The van der Waals surface area contributed by atoms with Gasteiger partial charge in [0.05, 0.1) is 49.7 Å². The number of fused-ring (bicyclic) bond motifs is 5. The number of carbonyl (C=O) groups is 4. The molecule has 0 bridgehead atoms. The van der Waals surface area contributed by atoms with Crippen molar-refractivity contribution in [2.24, 2.45) is 0 Å². The molecule has 11 N–H and O–H groups in total. The van der Waals surface area contributed by atoms with E-state index in [-0.39, 0.29) is 33.6 Å². The second kappa shape index (κ2) is 17.3. The van der Waals surface area contributed by atoms with Crippen molar-refractivity contribution in [1.82, 2.24) is 10.6 Å². The van der Waals surface area contributed by atoms with Gasteiger partial charge in [-0.15, -0.1) is 0 Å². The van der Waals surface area contributed by atoms with E-state index in [0.717, 1.165) is 19.2 Å². The SMILES string of the molecule is CN[C@H]1[C@@H](O[C@@H]2O[C@H](CO)[C@@H](O)[C@H](O)[C@H]2O)[C@H](O)[C@@H](O[C@H]2c3cc(C)c(C(=O)N[C@H](C)C(=O)OC)c(O)c3-c3c(cc4c(c3O)C(=O)c3cc(OC)cc(O)c3C4=O)[C@@H]2O)O[C@H]1C. The quantitative estimate of drug-likeness (QED) is 0.0837. The summed E-state index contributed by atoms with van der Waals surface area (Å²) in [5.41, 5.74) is -3.27. The number of rotatable bonds is 10. The van der Waals surface area contributed by atoms with Crippen LogP contribution in [0.1, 0.15) is 84.9 Å². The third kappa shape index (κ3) is 7.47. The molecule has 0 unspecified atom stereocenters. The van der Waals surface area contributed by atoms with Crippen LogP contribution in [0.3, 0.4) is 0 Å². The van der Waals surface area contributed by atoms with Crippen LogP contribution in [-0.2, 0) is 28.5 Å². The molecular weight excluding hydrogens is 836 g/mol. The summed E-state index contributed by atoms with van der Waals surface area (Å²) in [5.74, 6) is -5.95. The maximum atomic E-state index is 14.1. The number of aliphatic hydroxyl groups is 6. The minimum atomic E-state index is -1.91. The van der Waals surface area contributed by atoms with Gasteiger partial charge in [-0.05, 0) is 56.6 Å². The van der Waals surface area contributed by atoms with Gasteiger partial charge >= 0.3 is 5.97 Å². The maximum absolute atomic E-state index is 14.1. The van der Waals surface area contributed by atoms with Crippen LogP contribution in [0.4, 0.5) is 0 Å². The fourth-order valence-electron chi connectivity index (χ4n) is 8.75. The molecule has 13 atom stereocenters. The Morgan fingerprint density at radius 1 is 0.794 bits per heavy atom. The Morgan fingerprint density at radius 2 is 1.43 bits per heavy atom. The lowest BCUT2D eigenvalue weighted by Crippen LogP contribution is -2.66. The normalized spacial score (nSPS) is 30.3. The van der Waals surface area contributed by atoms with E-state index in [2.05, 4.69) is 10.6 Å². The van der Waals surface area contributed by atoms with Gasteiger partial charge in [-0.2, -0.15) is 0 Å². The molecule has 340 valence electrons. The molecular formula is C42H48N2O19. The number of hydrogen-bond donors (Lipinski definition) is 11. The monoisotopic (exact) mass is 884 g/mol. The number of methoxy groups -OCH3 is 2. The fourth-order valence-corrected chi connectivity index (χ4v) is 8.75. The van der Waals surface area contributed by atoms with Crippen LogP contribution >= 0.6 is 0 Å². The van der Waals surface area contributed by atoms with Gasteiger partial charge in [-0.3, -0.25) is 14.4 Å². The summed E-state index contributed by atoms with van der Waals surface area (Å²) in [4.78, 5) is 54.2. The number of phenols is 3. The van der Waals surface area contributed by atoms with Crippen molar-refractivity contribution in [1.29, 1.82) is 0 Å². The van der Waals surface area contributed by atoms with Gasteiger partial charge < -0.3 is 85.0 Å². The zero-order chi connectivity index (χ0) is 46.1. The molecule has 3 aromatic carbocycles. The highest BCUT2D eigenvalue weighted by molar-refractivity contribution is 6.31. The van der Waals surface area contributed by atoms with E-state index in [4.69, 9.17) is 28.4 Å². The Morgan fingerprint density at radius 3 is 2.06 bits per heavy atom. The van der Waals surface area contributed by atoms with Crippen molar-refractivity contribution in [3.05, 3.63) is 68.8 Å². The first-order chi connectivity index (χ1) is 29.8. The van der Waals surface area contributed by atoms with Crippen molar-refractivity contribution in [2.75, 3.05) is 27.9 Å². The Bertz CT molecular complexity index is 2350. The first kappa shape index (κ1) is 45.7. The Kier molecular flexibility index (Phi) is 12.6. The number of hydrogen-bond acceptors (Lipinski definition) is 20. The largest absolute Gasteiger partial charge is 0.507 e. The standard InChI is InChI=1S/C42H48N2O19/c1-12-7-19-25(32(51)22(12)39(56)44-13(2)40(57)59-6)24-17(10-18-26(33(24)52)29(48)16-8-15(58-5)9-20(46)23(16)28(18)47)30(49)37(19)62-42-36(55)38(27(43-4)14(3)60-42)63-41-35(54)34(53)31(50)21(11-45)61-41/h7-10,13-14,21,27,30-31,34-38,41-43,45-46,49-55H,11H2,1-6H3,(H,44,56)/t13-,14+,21-,27-,30+,31-,34+,35-,36+,37+,38-,41+,42-/m1/s1. The molecule has 21 heteroatoms. The van der Waals surface area contributed by atoms with Crippen molar-refractivity contribution in [3.63, 3.8) is 0 Å². The molecule has 21 nitrogen and oxygen atoms in total. The summed E-state index contributed by atoms with van der Waals surface area (Å²) in [7, 11) is 3.89. The molecule has 0 aromatic heterocycles. The van der Waals surface area contributed by atoms with E-state index in [1.807, 2.05) is 0 Å². The van der Waals surface area contributed by atoms with Gasteiger partial charge in [0.1, 0.15) is 77.9 Å². The predicted octanol–water partition coefficient (Wildman–Crippen LogP) is -1.16. The van der Waals surface area contributed by atoms with Crippen LogP contribution in [0.25, 0.3) is 11.1 Å². The summed E-state index contributed by atoms with van der Waals surface area (Å²) in [6.07, 6.45) is -17.9. The number of amides is 1. The number of aromatic hydroxyl groups is 3. The van der Waals surface area contributed by atoms with Crippen molar-refractivity contribution in [3.8, 4) is 34.1 Å². The molecule has 4 aliphatic rings. The van der Waals surface area contributed by atoms with Gasteiger partial charge in [-0.1, -0.05) is 6.07 Å². The molecule has 1 amide bonds. The van der Waals surface area contributed by atoms with Gasteiger partial charge in [0.2, 0.25) is 0 Å². The number of ketones is 2. The third-order valence-corrected chi connectivity index (χ3v) is 12.0. The van der Waals surface area contributed by atoms with Crippen LogP contribution in [0.15, 0.2) is 24.3 Å². The van der Waals surface area contributed by atoms with Crippen LogP contribution in [0.2, 0.25) is 0 Å². The number of likely N-dealkylation sites (N-methyl/N-ethyl adjacent to an activating group) is 1. The zero-order valence-electron chi connectivity index (χ0n) is 34.6. The van der Waals surface area contributed by atoms with Gasteiger partial charge in [-0.25, -0.2) is 4.79 Å². The van der Waals surface area contributed by atoms with E-state index >= 15 is 0 Å². The van der Waals surface area contributed by atoms with Gasteiger partial charge in [0, 0.05) is 28.3 Å². The second-order valence-corrected chi connectivity index (χ2v) is 15.8. The summed E-state index contributed by atoms with van der Waals surface area (Å²) in [6.45, 7) is 3.55. The minimum Gasteiger partial charge on any atom is -0.507 e. The van der Waals surface area contributed by atoms with E-state index in [9.17, 15) is 65.1 Å². The van der Waals surface area contributed by atoms with E-state index < -0.39 is 155 Å². The average molecular weight is 885 g/mol. The number of aryl methyl sites for hydroxylation is 1. The first-order valence-electron chi connectivity index (χ1n) is 19.8. The Labute approximate surface area is 358 Å². The van der Waals surface area contributed by atoms with E-state index in [1.54, 1.807) is 6.92 Å². The average Bonchev–Trinajstić information content (AvgIpc) is 3.24. The Hall–Kier alpha value is -5.30. The van der Waals surface area contributed by atoms with Gasteiger partial charge in [0.25, 0.3) is 5.91 Å². The topological polar surface area (TPSA) is 330 Å². The molecule has 0 saturated carbocycles. The molecule has 2 aliphatic carbocycles. The fraction of sp³-hybridized carbons (Fsp3) is 0.476. The van der Waals surface area contributed by atoms with E-state index in [1.165, 1.54) is 40.1 Å². The number of nitrogens with one attached hydrogen (secondary N) is 2. The van der Waals surface area contributed by atoms with Crippen molar-refractivity contribution < 1.29 is 93.6 Å². The molecule has 7 rings (SSSR count). The third-order valence-electron chi connectivity index (χ3n) is 12.0. The lowest BCUT2D eigenvalue weighted by Gasteiger charge is -2.48. The smallest absolute Gasteiger partial charge is 0.328 e. The highest BCUT2D eigenvalue weighted by atomic mass is 16.7. The van der Waals surface area contributed by atoms with Gasteiger partial charge in [0.15, 0.2) is 24.1 Å². The predicted molar refractivity (Wildman–Crippen MR) is 211 cm³/mol. The minimum absolute atomic E-state index is 0.0160. The highest BCUT2D eigenvalue weighted by Crippen LogP contribution is 2.57. The second-order valence-electron chi connectivity index (χ2n) is 15.8. The lowest BCUT2D eigenvalue weighted by atomic mass is 9.74. The number of benzene rings is 3. The molecule has 0 spiro atoms. The molecule has 2 fully saturated rings. The summed E-state index contributed by atoms with van der Waals surface area (Å²) in [5, 5.41) is 106. The summed E-state index contributed by atoms with van der Waals surface area (Å²) < 4.78 is 33.9. The zero-order valence-corrected chi connectivity index (χ0v) is 34.6. The molecule has 63 heavy (non-hydrogen) atoms. The van der Waals surface area contributed by atoms with Crippen LogP contribution < -0.4 is 15.4 Å². The number of ether oxygens (including phenoxy) is 6. The molecule has 0 radical (unpaired) electrons. The number of phenolic OH excluding ortho intramolecular Hbond substituents is 3.